The maximum absolute atomic E-state index is 14.0. The number of rotatable bonds is 3. The number of halogens is 2. The molecule has 24 heavy (non-hydrogen) atoms. The monoisotopic (exact) mass is 336 g/mol. The van der Waals surface area contributed by atoms with Gasteiger partial charge in [0.15, 0.2) is 0 Å². The molecule has 0 spiro atoms. The minimum absolute atomic E-state index is 0.270. The maximum Gasteiger partial charge on any atom is 0.131 e. The molecule has 0 N–H and O–H groups in total. The highest BCUT2D eigenvalue weighted by Crippen LogP contribution is 2.24. The lowest BCUT2D eigenvalue weighted by Gasteiger charge is -2.09. The first-order chi connectivity index (χ1) is 11.6. The van der Waals surface area contributed by atoms with Crippen molar-refractivity contribution in [2.75, 3.05) is 0 Å². The van der Waals surface area contributed by atoms with Gasteiger partial charge in [-0.15, -0.1) is 0 Å². The molecule has 0 aliphatic heterocycles. The first-order valence-electron chi connectivity index (χ1n) is 7.41. The number of aryl methyl sites for hydroxylation is 1. The molecular formula is C20H14ClFN2. The topological polar surface area (TPSA) is 28.7 Å². The van der Waals surface area contributed by atoms with E-state index in [1.807, 2.05) is 48.0 Å². The summed E-state index contributed by atoms with van der Waals surface area (Å²) in [6, 6.07) is 17.8. The molecule has 0 amide bonds. The van der Waals surface area contributed by atoms with Crippen LogP contribution in [0.3, 0.4) is 0 Å². The molecule has 3 rings (SSSR count). The van der Waals surface area contributed by atoms with Crippen LogP contribution in [0.15, 0.2) is 60.8 Å². The Balaban J connectivity index is 2.08. The van der Waals surface area contributed by atoms with Crippen LogP contribution in [0.5, 0.6) is 0 Å². The minimum Gasteiger partial charge on any atom is -0.317 e. The van der Waals surface area contributed by atoms with E-state index in [1.54, 1.807) is 24.3 Å². The van der Waals surface area contributed by atoms with Crippen molar-refractivity contribution in [3.63, 3.8) is 0 Å². The van der Waals surface area contributed by atoms with Crippen LogP contribution >= 0.6 is 11.6 Å². The molecule has 2 aromatic carbocycles. The SMILES string of the molecule is Cc1ccc(-n2cccc2/C=C(/C#N)c2ccccc2F)cc1Cl. The second-order valence-corrected chi connectivity index (χ2v) is 5.79. The van der Waals surface area contributed by atoms with Crippen LogP contribution in [0.25, 0.3) is 17.3 Å². The first-order valence-corrected chi connectivity index (χ1v) is 7.78. The van der Waals surface area contributed by atoms with Crippen LogP contribution in [0.2, 0.25) is 5.02 Å². The third-order valence-electron chi connectivity index (χ3n) is 3.79. The van der Waals surface area contributed by atoms with Crippen LogP contribution in [-0.4, -0.2) is 4.57 Å². The van der Waals surface area contributed by atoms with Crippen molar-refractivity contribution in [3.8, 4) is 11.8 Å². The Morgan fingerprint density at radius 1 is 1.17 bits per heavy atom. The highest BCUT2D eigenvalue weighted by Gasteiger charge is 2.09. The third kappa shape index (κ3) is 3.10. The van der Waals surface area contributed by atoms with Gasteiger partial charge in [0.2, 0.25) is 0 Å². The molecule has 0 unspecified atom stereocenters. The van der Waals surface area contributed by atoms with Gasteiger partial charge in [-0.2, -0.15) is 5.26 Å². The summed E-state index contributed by atoms with van der Waals surface area (Å²) in [5.41, 5.74) is 3.21. The molecule has 4 heteroatoms. The molecule has 118 valence electrons. The fraction of sp³-hybridized carbons (Fsp3) is 0.0500. The molecule has 0 atom stereocenters. The maximum atomic E-state index is 14.0. The van der Waals surface area contributed by atoms with Gasteiger partial charge in [-0.05, 0) is 48.9 Å². The van der Waals surface area contributed by atoms with Gasteiger partial charge in [-0.1, -0.05) is 35.9 Å². The van der Waals surface area contributed by atoms with E-state index in [1.165, 1.54) is 6.07 Å². The second-order valence-electron chi connectivity index (χ2n) is 5.39. The van der Waals surface area contributed by atoms with E-state index in [0.29, 0.717) is 5.02 Å². The Hall–Kier alpha value is -2.83. The predicted molar refractivity (Wildman–Crippen MR) is 95.4 cm³/mol. The summed E-state index contributed by atoms with van der Waals surface area (Å²) in [6.45, 7) is 1.94. The Morgan fingerprint density at radius 2 is 1.96 bits per heavy atom. The molecule has 2 nitrogen and oxygen atoms in total. The molecule has 1 heterocycles. The summed E-state index contributed by atoms with van der Waals surface area (Å²) in [7, 11) is 0. The van der Waals surface area contributed by atoms with E-state index in [0.717, 1.165) is 16.9 Å². The molecule has 3 aromatic rings. The first kappa shape index (κ1) is 16.0. The zero-order valence-corrected chi connectivity index (χ0v) is 13.8. The molecule has 0 aliphatic rings. The van der Waals surface area contributed by atoms with E-state index in [-0.39, 0.29) is 11.1 Å². The third-order valence-corrected chi connectivity index (χ3v) is 4.20. The Labute approximate surface area is 145 Å². The van der Waals surface area contributed by atoms with Crippen LogP contribution < -0.4 is 0 Å². The molecule has 0 saturated heterocycles. The molecule has 0 radical (unpaired) electrons. The lowest BCUT2D eigenvalue weighted by molar-refractivity contribution is 0.624. The smallest absolute Gasteiger partial charge is 0.131 e. The number of nitrogens with zero attached hydrogens (tertiary/aromatic N) is 2. The average Bonchev–Trinajstić information content (AvgIpc) is 3.04. The lowest BCUT2D eigenvalue weighted by Crippen LogP contribution is -1.96. The lowest BCUT2D eigenvalue weighted by atomic mass is 10.1. The number of aromatic nitrogens is 1. The largest absolute Gasteiger partial charge is 0.317 e. The zero-order valence-electron chi connectivity index (χ0n) is 13.0. The van der Waals surface area contributed by atoms with E-state index in [9.17, 15) is 9.65 Å². The summed E-state index contributed by atoms with van der Waals surface area (Å²) >= 11 is 6.20. The average molecular weight is 337 g/mol. The Kier molecular flexibility index (Phi) is 4.50. The van der Waals surface area contributed by atoms with Crippen molar-refractivity contribution < 1.29 is 4.39 Å². The van der Waals surface area contributed by atoms with Gasteiger partial charge in [-0.25, -0.2) is 4.39 Å². The van der Waals surface area contributed by atoms with Gasteiger partial charge in [-0.3, -0.25) is 0 Å². The Morgan fingerprint density at radius 3 is 2.67 bits per heavy atom. The highest BCUT2D eigenvalue weighted by molar-refractivity contribution is 6.31. The number of hydrogen-bond acceptors (Lipinski definition) is 1. The van der Waals surface area contributed by atoms with Crippen molar-refractivity contribution in [2.24, 2.45) is 0 Å². The molecule has 0 saturated carbocycles. The second kappa shape index (κ2) is 6.74. The summed E-state index contributed by atoms with van der Waals surface area (Å²) in [6.07, 6.45) is 3.55. The number of hydrogen-bond donors (Lipinski definition) is 0. The van der Waals surface area contributed by atoms with Crippen LogP contribution in [0, 0.1) is 24.1 Å². The summed E-state index contributed by atoms with van der Waals surface area (Å²) in [4.78, 5) is 0. The molecule has 0 aliphatic carbocycles. The fourth-order valence-corrected chi connectivity index (χ4v) is 2.65. The van der Waals surface area contributed by atoms with E-state index in [4.69, 9.17) is 11.6 Å². The van der Waals surface area contributed by atoms with E-state index >= 15 is 0 Å². The molecule has 0 fully saturated rings. The predicted octanol–water partition coefficient (Wildman–Crippen LogP) is 5.64. The summed E-state index contributed by atoms with van der Waals surface area (Å²) < 4.78 is 15.9. The van der Waals surface area contributed by atoms with Crippen LogP contribution in [0.1, 0.15) is 16.8 Å². The number of nitriles is 1. The quantitative estimate of drug-likeness (QED) is 0.569. The Bertz CT molecular complexity index is 964. The molecule has 0 bridgehead atoms. The van der Waals surface area contributed by atoms with Gasteiger partial charge in [0, 0.05) is 28.2 Å². The van der Waals surface area contributed by atoms with Gasteiger partial charge < -0.3 is 4.57 Å². The van der Waals surface area contributed by atoms with Crippen molar-refractivity contribution in [1.29, 1.82) is 5.26 Å². The highest BCUT2D eigenvalue weighted by atomic mass is 35.5. The number of allylic oxidation sites excluding steroid dienone is 1. The summed E-state index contributed by atoms with van der Waals surface area (Å²) in [5.74, 6) is -0.415. The van der Waals surface area contributed by atoms with Gasteiger partial charge in [0.25, 0.3) is 0 Å². The van der Waals surface area contributed by atoms with Crippen molar-refractivity contribution in [2.45, 2.75) is 6.92 Å². The molecular weight excluding hydrogens is 323 g/mol. The minimum atomic E-state index is -0.415. The van der Waals surface area contributed by atoms with Crippen LogP contribution in [0.4, 0.5) is 4.39 Å². The summed E-state index contributed by atoms with van der Waals surface area (Å²) in [5, 5.41) is 10.1. The van der Waals surface area contributed by atoms with Gasteiger partial charge >= 0.3 is 0 Å². The molecule has 1 aromatic heterocycles. The zero-order chi connectivity index (χ0) is 17.1. The van der Waals surface area contributed by atoms with E-state index < -0.39 is 5.82 Å². The van der Waals surface area contributed by atoms with Gasteiger partial charge in [0.05, 0.1) is 11.6 Å². The standard InChI is InChI=1S/C20H14ClFN2/c1-14-8-9-17(12-19(14)21)24-10-4-5-16(24)11-15(13-23)18-6-2-3-7-20(18)22/h2-12H,1H3/b15-11-. The van der Waals surface area contributed by atoms with Crippen LogP contribution in [-0.2, 0) is 0 Å². The van der Waals surface area contributed by atoms with Crippen molar-refractivity contribution in [3.05, 3.63) is 88.5 Å². The van der Waals surface area contributed by atoms with Crippen molar-refractivity contribution >= 4 is 23.3 Å². The number of benzene rings is 2. The van der Waals surface area contributed by atoms with E-state index in [2.05, 4.69) is 6.07 Å². The normalized spacial score (nSPS) is 11.3. The fourth-order valence-electron chi connectivity index (χ4n) is 2.48. The van der Waals surface area contributed by atoms with Gasteiger partial charge in [0.1, 0.15) is 5.82 Å². The van der Waals surface area contributed by atoms with Crippen molar-refractivity contribution in [1.82, 2.24) is 4.57 Å².